The Morgan fingerprint density at radius 3 is 2.36 bits per heavy atom. The predicted molar refractivity (Wildman–Crippen MR) is 114 cm³/mol. The van der Waals surface area contributed by atoms with Crippen LogP contribution >= 0.6 is 0 Å². The fraction of sp³-hybridized carbons (Fsp3) is 0.619. The van der Waals surface area contributed by atoms with Crippen molar-refractivity contribution in [2.24, 2.45) is 0 Å². The number of hydrogen-bond acceptors (Lipinski definition) is 6. The minimum atomic E-state index is 0.0488. The normalized spacial score (nSPS) is 19.8. The van der Waals surface area contributed by atoms with Crippen LogP contribution in [0.2, 0.25) is 0 Å². The Morgan fingerprint density at radius 2 is 1.75 bits per heavy atom. The molecule has 7 heteroatoms. The molecule has 0 atom stereocenters. The standard InChI is InChI=1S/C21H32N6O/c1-12(2)18-10-15-11-22-21(27-19(15)20(26-18)23-13(3)4)25-17-8-6-16(7-9-17)24-14(5)28/h10-13,16-17H,6-9H2,1-5H3,(H,23,26)(H,24,28)(H,22,25,27). The lowest BCUT2D eigenvalue weighted by molar-refractivity contribution is -0.119. The number of hydrogen-bond donors (Lipinski definition) is 3. The van der Waals surface area contributed by atoms with Crippen molar-refractivity contribution >= 4 is 28.6 Å². The highest BCUT2D eigenvalue weighted by atomic mass is 16.1. The van der Waals surface area contributed by atoms with E-state index in [0.29, 0.717) is 17.9 Å². The molecule has 28 heavy (non-hydrogen) atoms. The van der Waals surface area contributed by atoms with Crippen LogP contribution in [0, 0.1) is 0 Å². The quantitative estimate of drug-likeness (QED) is 0.701. The van der Waals surface area contributed by atoms with Gasteiger partial charge in [-0.15, -0.1) is 0 Å². The van der Waals surface area contributed by atoms with E-state index < -0.39 is 0 Å². The molecule has 2 heterocycles. The van der Waals surface area contributed by atoms with Gasteiger partial charge in [0.15, 0.2) is 5.82 Å². The molecule has 1 aliphatic carbocycles. The van der Waals surface area contributed by atoms with Gasteiger partial charge < -0.3 is 16.0 Å². The largest absolute Gasteiger partial charge is 0.366 e. The van der Waals surface area contributed by atoms with Crippen LogP contribution in [0.15, 0.2) is 12.3 Å². The van der Waals surface area contributed by atoms with Gasteiger partial charge in [0, 0.05) is 42.3 Å². The van der Waals surface area contributed by atoms with Crippen LogP contribution in [0.5, 0.6) is 0 Å². The van der Waals surface area contributed by atoms with Crippen LogP contribution in [-0.4, -0.2) is 39.0 Å². The maximum absolute atomic E-state index is 11.2. The van der Waals surface area contributed by atoms with Gasteiger partial charge in [0.25, 0.3) is 0 Å². The summed E-state index contributed by atoms with van der Waals surface area (Å²) in [7, 11) is 0. The molecule has 1 fully saturated rings. The van der Waals surface area contributed by atoms with Crippen molar-refractivity contribution in [3.05, 3.63) is 18.0 Å². The molecule has 1 aliphatic rings. The van der Waals surface area contributed by atoms with E-state index in [-0.39, 0.29) is 18.0 Å². The lowest BCUT2D eigenvalue weighted by atomic mass is 9.91. The first-order chi connectivity index (χ1) is 13.3. The monoisotopic (exact) mass is 384 g/mol. The Morgan fingerprint density at radius 1 is 1.07 bits per heavy atom. The van der Waals surface area contributed by atoms with Crippen molar-refractivity contribution in [3.63, 3.8) is 0 Å². The third-order valence-corrected chi connectivity index (χ3v) is 5.07. The molecule has 3 N–H and O–H groups in total. The van der Waals surface area contributed by atoms with Crippen LogP contribution in [0.25, 0.3) is 10.9 Å². The molecular weight excluding hydrogens is 352 g/mol. The molecule has 2 aromatic rings. The zero-order chi connectivity index (χ0) is 20.3. The summed E-state index contributed by atoms with van der Waals surface area (Å²) < 4.78 is 0. The van der Waals surface area contributed by atoms with Crippen molar-refractivity contribution in [2.45, 2.75) is 84.3 Å². The molecule has 0 aliphatic heterocycles. The summed E-state index contributed by atoms with van der Waals surface area (Å²) in [5.41, 5.74) is 1.89. The summed E-state index contributed by atoms with van der Waals surface area (Å²) >= 11 is 0. The van der Waals surface area contributed by atoms with Crippen LogP contribution in [0.4, 0.5) is 11.8 Å². The molecule has 3 rings (SSSR count). The van der Waals surface area contributed by atoms with E-state index in [9.17, 15) is 4.79 Å². The van der Waals surface area contributed by atoms with Gasteiger partial charge in [0.1, 0.15) is 5.52 Å². The predicted octanol–water partition coefficient (Wildman–Crippen LogP) is 3.83. The van der Waals surface area contributed by atoms with Gasteiger partial charge in [0.05, 0.1) is 0 Å². The molecule has 0 unspecified atom stereocenters. The molecule has 0 radical (unpaired) electrons. The topological polar surface area (TPSA) is 91.8 Å². The Kier molecular flexibility index (Phi) is 6.31. The number of aromatic nitrogens is 3. The SMILES string of the molecule is CC(=O)NC1CCC(Nc2ncc3cc(C(C)C)nc(NC(C)C)c3n2)CC1. The number of carbonyl (C=O) groups is 1. The smallest absolute Gasteiger partial charge is 0.223 e. The summed E-state index contributed by atoms with van der Waals surface area (Å²) in [6.07, 6.45) is 5.82. The first-order valence-electron chi connectivity index (χ1n) is 10.3. The Bertz CT molecular complexity index is 827. The average molecular weight is 385 g/mol. The number of fused-ring (bicyclic) bond motifs is 1. The van der Waals surface area contributed by atoms with Gasteiger partial charge in [-0.25, -0.2) is 15.0 Å². The van der Waals surface area contributed by atoms with Crippen LogP contribution in [0.1, 0.15) is 71.9 Å². The van der Waals surface area contributed by atoms with E-state index in [4.69, 9.17) is 9.97 Å². The number of pyridine rings is 1. The van der Waals surface area contributed by atoms with Gasteiger partial charge in [-0.3, -0.25) is 4.79 Å². The second kappa shape index (κ2) is 8.71. The summed E-state index contributed by atoms with van der Waals surface area (Å²) in [5.74, 6) is 1.85. The highest BCUT2D eigenvalue weighted by molar-refractivity contribution is 5.89. The number of amides is 1. The first kappa shape index (κ1) is 20.3. The van der Waals surface area contributed by atoms with Crippen molar-refractivity contribution in [1.29, 1.82) is 0 Å². The van der Waals surface area contributed by atoms with E-state index in [1.165, 1.54) is 0 Å². The Balaban J connectivity index is 1.78. The van der Waals surface area contributed by atoms with Crippen molar-refractivity contribution in [3.8, 4) is 0 Å². The molecule has 7 nitrogen and oxygen atoms in total. The molecule has 1 amide bonds. The number of anilines is 2. The van der Waals surface area contributed by atoms with E-state index in [1.54, 1.807) is 6.92 Å². The van der Waals surface area contributed by atoms with E-state index in [1.807, 2.05) is 6.20 Å². The van der Waals surface area contributed by atoms with Gasteiger partial charge in [-0.2, -0.15) is 0 Å². The first-order valence-corrected chi connectivity index (χ1v) is 10.3. The van der Waals surface area contributed by atoms with Crippen LogP contribution < -0.4 is 16.0 Å². The van der Waals surface area contributed by atoms with E-state index >= 15 is 0 Å². The highest BCUT2D eigenvalue weighted by Gasteiger charge is 2.22. The van der Waals surface area contributed by atoms with Crippen molar-refractivity contribution in [1.82, 2.24) is 20.3 Å². The minimum Gasteiger partial charge on any atom is -0.366 e. The number of nitrogens with zero attached hydrogens (tertiary/aromatic N) is 3. The van der Waals surface area contributed by atoms with Gasteiger partial charge in [-0.1, -0.05) is 13.8 Å². The summed E-state index contributed by atoms with van der Waals surface area (Å²) in [6, 6.07) is 2.96. The van der Waals surface area contributed by atoms with Gasteiger partial charge >= 0.3 is 0 Å². The van der Waals surface area contributed by atoms with E-state index in [0.717, 1.165) is 48.1 Å². The molecule has 1 saturated carbocycles. The van der Waals surface area contributed by atoms with Crippen LogP contribution in [0.3, 0.4) is 0 Å². The lowest BCUT2D eigenvalue weighted by Crippen LogP contribution is -2.39. The summed E-state index contributed by atoms with van der Waals surface area (Å²) in [5, 5.41) is 10.9. The molecule has 0 spiro atoms. The molecule has 152 valence electrons. The van der Waals surface area contributed by atoms with Gasteiger partial charge in [-0.05, 0) is 51.5 Å². The lowest BCUT2D eigenvalue weighted by Gasteiger charge is -2.29. The van der Waals surface area contributed by atoms with Crippen molar-refractivity contribution in [2.75, 3.05) is 10.6 Å². The second-order valence-corrected chi connectivity index (χ2v) is 8.37. The molecule has 2 aromatic heterocycles. The van der Waals surface area contributed by atoms with Gasteiger partial charge in [0.2, 0.25) is 11.9 Å². The summed E-state index contributed by atoms with van der Waals surface area (Å²) in [4.78, 5) is 25.3. The maximum Gasteiger partial charge on any atom is 0.223 e. The molecule has 0 saturated heterocycles. The fourth-order valence-corrected chi connectivity index (χ4v) is 3.65. The Labute approximate surface area is 167 Å². The molecular formula is C21H32N6O. The third kappa shape index (κ3) is 5.09. The van der Waals surface area contributed by atoms with E-state index in [2.05, 4.69) is 54.7 Å². The number of nitrogens with one attached hydrogen (secondary N) is 3. The maximum atomic E-state index is 11.2. The average Bonchev–Trinajstić information content (AvgIpc) is 2.62. The molecule has 0 aromatic carbocycles. The van der Waals surface area contributed by atoms with Crippen molar-refractivity contribution < 1.29 is 4.79 Å². The zero-order valence-electron chi connectivity index (χ0n) is 17.5. The minimum absolute atomic E-state index is 0.0488. The highest BCUT2D eigenvalue weighted by Crippen LogP contribution is 2.27. The third-order valence-electron chi connectivity index (χ3n) is 5.07. The number of carbonyl (C=O) groups excluding carboxylic acids is 1. The number of rotatable bonds is 6. The Hall–Kier alpha value is -2.44. The fourth-order valence-electron chi connectivity index (χ4n) is 3.65. The zero-order valence-corrected chi connectivity index (χ0v) is 17.5. The van der Waals surface area contributed by atoms with Crippen LogP contribution in [-0.2, 0) is 4.79 Å². The molecule has 0 bridgehead atoms. The summed E-state index contributed by atoms with van der Waals surface area (Å²) in [6.45, 7) is 10.1. The second-order valence-electron chi connectivity index (χ2n) is 8.37.